The molecule has 1 aromatic carbocycles. The number of aromatic nitrogens is 1. The maximum Gasteiger partial charge on any atom is 0.180 e. The molecule has 2 aromatic rings. The van der Waals surface area contributed by atoms with Crippen molar-refractivity contribution in [2.75, 3.05) is 37.6 Å². The zero-order chi connectivity index (χ0) is 16.4. The maximum absolute atomic E-state index is 6.02. The summed E-state index contributed by atoms with van der Waals surface area (Å²) in [6.45, 7) is 5.54. The molecule has 0 spiro atoms. The van der Waals surface area contributed by atoms with E-state index in [2.05, 4.69) is 15.0 Å². The first-order valence-electron chi connectivity index (χ1n) is 9.32. The lowest BCUT2D eigenvalue weighted by molar-refractivity contribution is 0.221. The molecule has 1 saturated carbocycles. The molecule has 2 aliphatic rings. The summed E-state index contributed by atoms with van der Waals surface area (Å²) in [6.07, 6.45) is 8.63. The van der Waals surface area contributed by atoms with Crippen LogP contribution in [0.25, 0.3) is 11.0 Å². The van der Waals surface area contributed by atoms with Crippen molar-refractivity contribution in [2.24, 2.45) is 5.92 Å². The minimum Gasteiger partial charge on any atom is -0.354 e. The summed E-state index contributed by atoms with van der Waals surface area (Å²) in [5, 5.41) is 6.04. The van der Waals surface area contributed by atoms with E-state index in [0.717, 1.165) is 48.9 Å². The van der Waals surface area contributed by atoms with Crippen LogP contribution < -0.4 is 4.90 Å². The predicted molar refractivity (Wildman–Crippen MR) is 98.9 cm³/mol. The van der Waals surface area contributed by atoms with Crippen molar-refractivity contribution in [1.29, 1.82) is 0 Å². The lowest BCUT2D eigenvalue weighted by Crippen LogP contribution is -2.47. The molecule has 4 nitrogen and oxygen atoms in total. The summed E-state index contributed by atoms with van der Waals surface area (Å²) in [5.41, 5.74) is 0.775. The number of rotatable bonds is 4. The summed E-state index contributed by atoms with van der Waals surface area (Å²) in [5.74, 6) is 1.94. The van der Waals surface area contributed by atoms with E-state index in [1.165, 1.54) is 45.1 Å². The monoisotopic (exact) mass is 347 g/mol. The molecule has 0 unspecified atom stereocenters. The Hall–Kier alpha value is -1.26. The topological polar surface area (TPSA) is 32.5 Å². The van der Waals surface area contributed by atoms with Crippen LogP contribution in [0.15, 0.2) is 22.7 Å². The second-order valence-electron chi connectivity index (χ2n) is 7.27. The van der Waals surface area contributed by atoms with Gasteiger partial charge in [-0.1, -0.05) is 48.9 Å². The molecule has 0 bridgehead atoms. The molecule has 0 radical (unpaired) electrons. The number of nitrogens with zero attached hydrogens (tertiary/aromatic N) is 3. The quantitative estimate of drug-likeness (QED) is 0.810. The van der Waals surface area contributed by atoms with Crippen LogP contribution in [0.2, 0.25) is 5.02 Å². The van der Waals surface area contributed by atoms with Gasteiger partial charge in [0.15, 0.2) is 11.4 Å². The summed E-state index contributed by atoms with van der Waals surface area (Å²) < 4.78 is 5.45. The van der Waals surface area contributed by atoms with Crippen LogP contribution in [-0.2, 0) is 0 Å². The molecule has 1 aliphatic heterocycles. The van der Waals surface area contributed by atoms with Crippen molar-refractivity contribution >= 4 is 28.4 Å². The molecular formula is C19H26ClN3O. The van der Waals surface area contributed by atoms with E-state index in [4.69, 9.17) is 16.1 Å². The molecule has 1 saturated heterocycles. The maximum atomic E-state index is 6.02. The highest BCUT2D eigenvalue weighted by molar-refractivity contribution is 6.31. The lowest BCUT2D eigenvalue weighted by atomic mass is 9.87. The average Bonchev–Trinajstić information content (AvgIpc) is 3.04. The van der Waals surface area contributed by atoms with E-state index in [-0.39, 0.29) is 0 Å². The second-order valence-corrected chi connectivity index (χ2v) is 7.70. The van der Waals surface area contributed by atoms with Crippen molar-refractivity contribution in [1.82, 2.24) is 10.1 Å². The van der Waals surface area contributed by atoms with Gasteiger partial charge < -0.3 is 9.42 Å². The average molecular weight is 348 g/mol. The zero-order valence-electron chi connectivity index (χ0n) is 14.2. The highest BCUT2D eigenvalue weighted by atomic mass is 35.5. The van der Waals surface area contributed by atoms with E-state index in [1.807, 2.05) is 18.2 Å². The minimum absolute atomic E-state index is 0.692. The molecule has 1 aliphatic carbocycles. The lowest BCUT2D eigenvalue weighted by Gasteiger charge is -2.35. The standard InChI is InChI=1S/C19H26ClN3O/c20-16-6-7-17-18(14-16)24-21-19(17)23-12-10-22(11-13-23)9-8-15-4-2-1-3-5-15/h6-7,14-15H,1-5,8-13H2. The largest absolute Gasteiger partial charge is 0.354 e. The fourth-order valence-corrected chi connectivity index (χ4v) is 4.31. The summed E-state index contributed by atoms with van der Waals surface area (Å²) >= 11 is 6.02. The third-order valence-electron chi connectivity index (χ3n) is 5.67. The third kappa shape index (κ3) is 3.55. The molecule has 0 N–H and O–H groups in total. The Morgan fingerprint density at radius 1 is 1.08 bits per heavy atom. The van der Waals surface area contributed by atoms with Crippen LogP contribution in [0.5, 0.6) is 0 Å². The Kier molecular flexibility index (Phi) is 4.95. The SMILES string of the molecule is Clc1ccc2c(N3CCN(CCC4CCCCC4)CC3)noc2c1. The Labute approximate surface area is 148 Å². The summed E-state index contributed by atoms with van der Waals surface area (Å²) in [7, 11) is 0. The number of halogens is 1. The first kappa shape index (κ1) is 16.2. The highest BCUT2D eigenvalue weighted by Gasteiger charge is 2.22. The zero-order valence-corrected chi connectivity index (χ0v) is 15.0. The van der Waals surface area contributed by atoms with Crippen LogP contribution in [-0.4, -0.2) is 42.8 Å². The van der Waals surface area contributed by atoms with E-state index >= 15 is 0 Å². The van der Waals surface area contributed by atoms with E-state index < -0.39 is 0 Å². The summed E-state index contributed by atoms with van der Waals surface area (Å²) in [6, 6.07) is 5.76. The van der Waals surface area contributed by atoms with Crippen molar-refractivity contribution in [3.63, 3.8) is 0 Å². The molecule has 0 atom stereocenters. The Bertz CT molecular complexity index is 672. The van der Waals surface area contributed by atoms with E-state index in [1.54, 1.807) is 0 Å². The van der Waals surface area contributed by atoms with Gasteiger partial charge in [0.05, 0.1) is 5.39 Å². The number of piperazine rings is 1. The van der Waals surface area contributed by atoms with Gasteiger partial charge in [-0.15, -0.1) is 0 Å². The van der Waals surface area contributed by atoms with Crippen LogP contribution in [0.3, 0.4) is 0 Å². The predicted octanol–water partition coefficient (Wildman–Crippen LogP) is 4.57. The number of hydrogen-bond acceptors (Lipinski definition) is 4. The van der Waals surface area contributed by atoms with Gasteiger partial charge in [-0.25, -0.2) is 0 Å². The highest BCUT2D eigenvalue weighted by Crippen LogP contribution is 2.29. The first-order valence-corrected chi connectivity index (χ1v) is 9.69. The summed E-state index contributed by atoms with van der Waals surface area (Å²) in [4.78, 5) is 4.96. The molecule has 2 heterocycles. The second kappa shape index (κ2) is 7.32. The van der Waals surface area contributed by atoms with Crippen molar-refractivity contribution in [3.05, 3.63) is 23.2 Å². The van der Waals surface area contributed by atoms with Gasteiger partial charge in [0.1, 0.15) is 0 Å². The molecule has 0 amide bonds. The van der Waals surface area contributed by atoms with Crippen molar-refractivity contribution in [2.45, 2.75) is 38.5 Å². The van der Waals surface area contributed by atoms with Gasteiger partial charge in [-0.2, -0.15) is 0 Å². The van der Waals surface area contributed by atoms with Crippen LogP contribution >= 0.6 is 11.6 Å². The third-order valence-corrected chi connectivity index (χ3v) is 5.90. The molecule has 4 rings (SSSR count). The van der Waals surface area contributed by atoms with Crippen LogP contribution in [0.1, 0.15) is 38.5 Å². The smallest absolute Gasteiger partial charge is 0.180 e. The van der Waals surface area contributed by atoms with Gasteiger partial charge >= 0.3 is 0 Å². The normalized spacial score (nSPS) is 20.8. The van der Waals surface area contributed by atoms with Crippen molar-refractivity contribution < 1.29 is 4.52 Å². The van der Waals surface area contributed by atoms with E-state index in [9.17, 15) is 0 Å². The molecule has 130 valence electrons. The van der Waals surface area contributed by atoms with Gasteiger partial charge in [0.25, 0.3) is 0 Å². The molecule has 24 heavy (non-hydrogen) atoms. The van der Waals surface area contributed by atoms with Gasteiger partial charge in [0.2, 0.25) is 0 Å². The van der Waals surface area contributed by atoms with Crippen LogP contribution in [0, 0.1) is 5.92 Å². The molecule has 1 aromatic heterocycles. The van der Waals surface area contributed by atoms with Gasteiger partial charge in [-0.05, 0) is 31.0 Å². The molecular weight excluding hydrogens is 322 g/mol. The number of fused-ring (bicyclic) bond motifs is 1. The molecule has 5 heteroatoms. The van der Waals surface area contributed by atoms with E-state index in [0.29, 0.717) is 5.02 Å². The number of benzene rings is 1. The number of anilines is 1. The minimum atomic E-state index is 0.692. The van der Waals surface area contributed by atoms with Crippen molar-refractivity contribution in [3.8, 4) is 0 Å². The van der Waals surface area contributed by atoms with Gasteiger partial charge in [-0.3, -0.25) is 4.90 Å². The van der Waals surface area contributed by atoms with Crippen LogP contribution in [0.4, 0.5) is 5.82 Å². The fourth-order valence-electron chi connectivity index (χ4n) is 4.15. The fraction of sp³-hybridized carbons (Fsp3) is 0.632. The Morgan fingerprint density at radius 3 is 2.67 bits per heavy atom. The Balaban J connectivity index is 1.32. The Morgan fingerprint density at radius 2 is 1.88 bits per heavy atom. The van der Waals surface area contributed by atoms with Gasteiger partial charge in [0, 0.05) is 37.3 Å². The number of hydrogen-bond donors (Lipinski definition) is 0. The first-order chi connectivity index (χ1) is 11.8. The molecule has 2 fully saturated rings.